The zero-order chi connectivity index (χ0) is 11.9. The molecule has 2 fully saturated rings. The van der Waals surface area contributed by atoms with Gasteiger partial charge in [-0.2, -0.15) is 0 Å². The fourth-order valence-electron chi connectivity index (χ4n) is 2.45. The first kappa shape index (κ1) is 11.9. The number of hydrogen-bond acceptors (Lipinski definition) is 4. The minimum atomic E-state index is -0.412. The molecule has 92 valence electrons. The molecule has 2 heterocycles. The van der Waals surface area contributed by atoms with Crippen LogP contribution in [-0.2, 0) is 14.3 Å². The number of rotatable bonds is 1. The maximum atomic E-state index is 11.8. The van der Waals surface area contributed by atoms with E-state index in [-0.39, 0.29) is 18.1 Å². The molecule has 2 aliphatic rings. The monoisotopic (exact) mass is 227 g/mol. The summed E-state index contributed by atoms with van der Waals surface area (Å²) in [6.07, 6.45) is 2.23. The summed E-state index contributed by atoms with van der Waals surface area (Å²) in [5.41, 5.74) is -0.412. The zero-order valence-electron chi connectivity index (χ0n) is 10.4. The van der Waals surface area contributed by atoms with Crippen LogP contribution in [0.5, 0.6) is 0 Å². The number of nitrogens with one attached hydrogen (secondary N) is 1. The highest BCUT2D eigenvalue weighted by Crippen LogP contribution is 2.30. The molecule has 2 aliphatic heterocycles. The summed E-state index contributed by atoms with van der Waals surface area (Å²) < 4.78 is 11.1. The maximum absolute atomic E-state index is 11.8. The Morgan fingerprint density at radius 2 is 2.06 bits per heavy atom. The molecule has 0 bridgehead atoms. The van der Waals surface area contributed by atoms with Crippen molar-refractivity contribution in [2.75, 3.05) is 0 Å². The van der Waals surface area contributed by atoms with Crippen LogP contribution in [0.15, 0.2) is 0 Å². The lowest BCUT2D eigenvalue weighted by atomic mass is 10.1. The van der Waals surface area contributed by atoms with E-state index in [9.17, 15) is 4.79 Å². The van der Waals surface area contributed by atoms with Crippen LogP contribution in [0.25, 0.3) is 0 Å². The molecule has 0 radical (unpaired) electrons. The van der Waals surface area contributed by atoms with Gasteiger partial charge in [-0.15, -0.1) is 0 Å². The molecule has 4 heteroatoms. The predicted molar refractivity (Wildman–Crippen MR) is 60.1 cm³/mol. The van der Waals surface area contributed by atoms with Gasteiger partial charge in [-0.3, -0.25) is 10.1 Å². The molecule has 0 saturated carbocycles. The second-order valence-electron chi connectivity index (χ2n) is 5.82. The van der Waals surface area contributed by atoms with Crippen molar-refractivity contribution in [2.24, 2.45) is 0 Å². The van der Waals surface area contributed by atoms with Crippen LogP contribution >= 0.6 is 0 Å². The molecule has 2 rings (SSSR count). The van der Waals surface area contributed by atoms with E-state index in [0.29, 0.717) is 12.1 Å². The summed E-state index contributed by atoms with van der Waals surface area (Å²) in [6.45, 7) is 7.74. The van der Waals surface area contributed by atoms with E-state index < -0.39 is 5.60 Å². The first-order valence-electron chi connectivity index (χ1n) is 5.99. The third kappa shape index (κ3) is 2.55. The van der Waals surface area contributed by atoms with Crippen LogP contribution in [-0.4, -0.2) is 35.9 Å². The van der Waals surface area contributed by atoms with Gasteiger partial charge in [-0.1, -0.05) is 0 Å². The second kappa shape index (κ2) is 4.00. The number of carbonyl (C=O) groups is 1. The van der Waals surface area contributed by atoms with Crippen LogP contribution in [0.2, 0.25) is 0 Å². The Morgan fingerprint density at radius 3 is 2.62 bits per heavy atom. The molecule has 16 heavy (non-hydrogen) atoms. The van der Waals surface area contributed by atoms with E-state index in [0.717, 1.165) is 12.8 Å². The smallest absolute Gasteiger partial charge is 0.323 e. The topological polar surface area (TPSA) is 47.6 Å². The number of esters is 1. The van der Waals surface area contributed by atoms with Gasteiger partial charge < -0.3 is 9.47 Å². The van der Waals surface area contributed by atoms with Crippen molar-refractivity contribution in [1.29, 1.82) is 0 Å². The van der Waals surface area contributed by atoms with Crippen LogP contribution in [0, 0.1) is 0 Å². The summed E-state index contributed by atoms with van der Waals surface area (Å²) >= 11 is 0. The maximum Gasteiger partial charge on any atom is 0.323 e. The largest absolute Gasteiger partial charge is 0.459 e. The van der Waals surface area contributed by atoms with Crippen molar-refractivity contribution in [1.82, 2.24) is 5.32 Å². The van der Waals surface area contributed by atoms with Crippen LogP contribution in [0.1, 0.15) is 40.5 Å². The van der Waals surface area contributed by atoms with Gasteiger partial charge in [0.2, 0.25) is 0 Å². The number of fused-ring (bicyclic) bond motifs is 1. The molecule has 0 aromatic rings. The second-order valence-corrected chi connectivity index (χ2v) is 5.82. The molecule has 4 atom stereocenters. The van der Waals surface area contributed by atoms with E-state index in [2.05, 4.69) is 12.2 Å². The van der Waals surface area contributed by atoms with Crippen LogP contribution in [0.4, 0.5) is 0 Å². The Bertz CT molecular complexity index is 270. The summed E-state index contributed by atoms with van der Waals surface area (Å²) in [6, 6.07) is 0.134. The molecule has 2 saturated heterocycles. The third-order valence-corrected chi connectivity index (χ3v) is 3.02. The van der Waals surface area contributed by atoms with Crippen molar-refractivity contribution < 1.29 is 14.3 Å². The summed E-state index contributed by atoms with van der Waals surface area (Å²) in [5.74, 6) is -0.154. The van der Waals surface area contributed by atoms with Gasteiger partial charge in [0.1, 0.15) is 11.6 Å². The van der Waals surface area contributed by atoms with Crippen molar-refractivity contribution in [3.05, 3.63) is 0 Å². The molecule has 4 nitrogen and oxygen atoms in total. The fourth-order valence-corrected chi connectivity index (χ4v) is 2.45. The highest BCUT2D eigenvalue weighted by molar-refractivity contribution is 5.76. The van der Waals surface area contributed by atoms with Gasteiger partial charge in [0.25, 0.3) is 0 Å². The lowest BCUT2D eigenvalue weighted by molar-refractivity contribution is -0.157. The van der Waals surface area contributed by atoms with Crippen LogP contribution < -0.4 is 5.32 Å². The average molecular weight is 227 g/mol. The summed E-state index contributed by atoms with van der Waals surface area (Å²) in [4.78, 5) is 11.8. The minimum absolute atomic E-state index is 0.154. The minimum Gasteiger partial charge on any atom is -0.459 e. The highest BCUT2D eigenvalue weighted by atomic mass is 16.6. The lowest BCUT2D eigenvalue weighted by Gasteiger charge is -2.22. The van der Waals surface area contributed by atoms with E-state index in [1.807, 2.05) is 20.8 Å². The Morgan fingerprint density at radius 1 is 1.38 bits per heavy atom. The van der Waals surface area contributed by atoms with Crippen LogP contribution in [0.3, 0.4) is 0 Å². The Labute approximate surface area is 96.7 Å². The summed E-state index contributed by atoms with van der Waals surface area (Å²) in [7, 11) is 0. The van der Waals surface area contributed by atoms with Gasteiger partial charge in [0.15, 0.2) is 0 Å². The molecule has 0 amide bonds. The first-order chi connectivity index (χ1) is 7.35. The predicted octanol–water partition coefficient (Wildman–Crippen LogP) is 1.24. The molecule has 0 unspecified atom stereocenters. The standard InChI is InChI=1S/C12H21NO3/c1-7-5-8-10(15-7)6-9(13-8)11(14)16-12(2,3)4/h7-10,13H,5-6H2,1-4H3/t7-,8+,9+,10+/m0/s1. The van der Waals surface area contributed by atoms with Gasteiger partial charge in [0.05, 0.1) is 12.2 Å². The molecular formula is C12H21NO3. The number of carbonyl (C=O) groups excluding carboxylic acids is 1. The Balaban J connectivity index is 1.88. The van der Waals surface area contributed by atoms with E-state index >= 15 is 0 Å². The fraction of sp³-hybridized carbons (Fsp3) is 0.917. The van der Waals surface area contributed by atoms with Crippen molar-refractivity contribution >= 4 is 5.97 Å². The summed E-state index contributed by atoms with van der Waals surface area (Å²) in [5, 5.41) is 3.31. The van der Waals surface area contributed by atoms with Gasteiger partial charge >= 0.3 is 5.97 Å². The SMILES string of the molecule is C[C@H]1C[C@H]2N[C@@H](C(=O)OC(C)(C)C)C[C@H]2O1. The first-order valence-corrected chi connectivity index (χ1v) is 5.99. The van der Waals surface area contributed by atoms with Crippen molar-refractivity contribution in [2.45, 2.75) is 70.4 Å². The highest BCUT2D eigenvalue weighted by Gasteiger charge is 2.44. The molecule has 0 spiro atoms. The number of hydrogen-bond donors (Lipinski definition) is 1. The van der Waals surface area contributed by atoms with Gasteiger partial charge in [-0.05, 0) is 34.1 Å². The molecule has 0 aromatic heterocycles. The van der Waals surface area contributed by atoms with E-state index in [1.165, 1.54) is 0 Å². The molecular weight excluding hydrogens is 206 g/mol. The third-order valence-electron chi connectivity index (χ3n) is 3.02. The van der Waals surface area contributed by atoms with E-state index in [1.54, 1.807) is 0 Å². The van der Waals surface area contributed by atoms with E-state index in [4.69, 9.17) is 9.47 Å². The molecule has 0 aromatic carbocycles. The van der Waals surface area contributed by atoms with Crippen molar-refractivity contribution in [3.8, 4) is 0 Å². The van der Waals surface area contributed by atoms with Crippen molar-refractivity contribution in [3.63, 3.8) is 0 Å². The van der Waals surface area contributed by atoms with Gasteiger partial charge in [-0.25, -0.2) is 0 Å². The average Bonchev–Trinajstić information content (AvgIpc) is 2.56. The number of ether oxygens (including phenoxy) is 2. The quantitative estimate of drug-likeness (QED) is 0.685. The Hall–Kier alpha value is -0.610. The lowest BCUT2D eigenvalue weighted by Crippen LogP contribution is -2.40. The van der Waals surface area contributed by atoms with Gasteiger partial charge in [0, 0.05) is 12.5 Å². The normalized spacial score (nSPS) is 38.5. The molecule has 1 N–H and O–H groups in total. The zero-order valence-corrected chi connectivity index (χ0v) is 10.4. The Kier molecular flexibility index (Phi) is 2.97. The molecule has 0 aliphatic carbocycles.